The molecule has 31 heavy (non-hydrogen) atoms. The van der Waals surface area contributed by atoms with Crippen LogP contribution < -0.4 is 0 Å². The second-order valence-electron chi connectivity index (χ2n) is 7.39. The Balaban J connectivity index is 1.83. The number of fused-ring (bicyclic) bond motifs is 1. The van der Waals surface area contributed by atoms with E-state index < -0.39 is 6.04 Å². The molecule has 0 spiro atoms. The predicted octanol–water partition coefficient (Wildman–Crippen LogP) is 6.56. The summed E-state index contributed by atoms with van der Waals surface area (Å²) in [7, 11) is 0. The van der Waals surface area contributed by atoms with Crippen molar-refractivity contribution in [2.75, 3.05) is 0 Å². The van der Waals surface area contributed by atoms with Gasteiger partial charge in [-0.05, 0) is 40.0 Å². The van der Waals surface area contributed by atoms with E-state index >= 15 is 0 Å². The lowest BCUT2D eigenvalue weighted by Crippen LogP contribution is -2.36. The van der Waals surface area contributed by atoms with E-state index in [1.165, 1.54) is 5.06 Å². The number of benzene rings is 3. The van der Waals surface area contributed by atoms with E-state index in [0.29, 0.717) is 5.57 Å². The molecule has 3 aromatic carbocycles. The van der Waals surface area contributed by atoms with Gasteiger partial charge in [-0.25, -0.2) is 5.06 Å². The molecule has 1 heterocycles. The average molecular weight is 475 g/mol. The summed E-state index contributed by atoms with van der Waals surface area (Å²) in [5.41, 5.74) is 4.27. The first-order chi connectivity index (χ1) is 15.1. The van der Waals surface area contributed by atoms with Gasteiger partial charge in [0.15, 0.2) is 0 Å². The Morgan fingerprint density at radius 3 is 2.39 bits per heavy atom. The number of hydroxylamine groups is 2. The molecule has 1 N–H and O–H groups in total. The Hall–Kier alpha value is -3.15. The highest BCUT2D eigenvalue weighted by Crippen LogP contribution is 2.36. The molecule has 4 rings (SSSR count). The molecule has 0 saturated carbocycles. The van der Waals surface area contributed by atoms with Gasteiger partial charge in [0.1, 0.15) is 12.6 Å². The summed E-state index contributed by atoms with van der Waals surface area (Å²) in [4.78, 5) is 22.8. The number of rotatable bonds is 7. The minimum absolute atomic E-state index is 0.255. The molecule has 0 aliphatic rings. The summed E-state index contributed by atoms with van der Waals surface area (Å²) in [6.07, 6.45) is 1.94. The third-order valence-corrected chi connectivity index (χ3v) is 5.78. The van der Waals surface area contributed by atoms with Crippen LogP contribution in [-0.4, -0.2) is 16.0 Å². The Morgan fingerprint density at radius 1 is 1.03 bits per heavy atom. The molecule has 1 amide bonds. The van der Waals surface area contributed by atoms with Gasteiger partial charge in [0.25, 0.3) is 5.91 Å². The van der Waals surface area contributed by atoms with E-state index in [-0.39, 0.29) is 12.5 Å². The molecule has 4 nitrogen and oxygen atoms in total. The van der Waals surface area contributed by atoms with Gasteiger partial charge in [0.2, 0.25) is 0 Å². The lowest BCUT2D eigenvalue weighted by atomic mass is 9.97. The van der Waals surface area contributed by atoms with Crippen LogP contribution in [0.4, 0.5) is 0 Å². The van der Waals surface area contributed by atoms with Crippen LogP contribution in [0.25, 0.3) is 10.9 Å². The molecule has 4 aromatic rings. The lowest BCUT2D eigenvalue weighted by molar-refractivity contribution is -0.198. The van der Waals surface area contributed by atoms with Crippen molar-refractivity contribution < 1.29 is 9.63 Å². The van der Waals surface area contributed by atoms with Crippen LogP contribution in [0.3, 0.4) is 0 Å². The van der Waals surface area contributed by atoms with E-state index in [1.807, 2.05) is 85.1 Å². The number of hydrogen-bond donors (Lipinski definition) is 1. The molecule has 1 unspecified atom stereocenters. The van der Waals surface area contributed by atoms with E-state index in [1.54, 1.807) is 6.92 Å². The Morgan fingerprint density at radius 2 is 1.71 bits per heavy atom. The van der Waals surface area contributed by atoms with Crippen LogP contribution in [0.5, 0.6) is 0 Å². The van der Waals surface area contributed by atoms with Crippen molar-refractivity contribution in [2.45, 2.75) is 19.6 Å². The fourth-order valence-corrected chi connectivity index (χ4v) is 4.08. The van der Waals surface area contributed by atoms with Crippen molar-refractivity contribution in [3.8, 4) is 0 Å². The van der Waals surface area contributed by atoms with Gasteiger partial charge in [0.05, 0.1) is 5.52 Å². The highest BCUT2D eigenvalue weighted by atomic mass is 79.9. The monoisotopic (exact) mass is 474 g/mol. The fraction of sp³-hybridized carbons (Fsp3) is 0.115. The molecule has 0 aliphatic heterocycles. The summed E-state index contributed by atoms with van der Waals surface area (Å²) in [6.45, 7) is 5.85. The normalized spacial score (nSPS) is 11.9. The van der Waals surface area contributed by atoms with E-state index in [4.69, 9.17) is 4.84 Å². The smallest absolute Gasteiger partial charge is 0.273 e. The highest BCUT2D eigenvalue weighted by molar-refractivity contribution is 9.10. The SMILES string of the molecule is C=C(C)C(=O)N(OCc1ccccc1)C(c1ccccc1)c1c[nH]c2c(Br)cccc12. The number of aromatic nitrogens is 1. The zero-order valence-corrected chi connectivity index (χ0v) is 18.8. The number of hydrogen-bond acceptors (Lipinski definition) is 2. The molecule has 1 atom stereocenters. The first-order valence-corrected chi connectivity index (χ1v) is 10.8. The van der Waals surface area contributed by atoms with Gasteiger partial charge in [-0.1, -0.05) is 79.4 Å². The summed E-state index contributed by atoms with van der Waals surface area (Å²) in [5.74, 6) is -0.255. The van der Waals surface area contributed by atoms with Gasteiger partial charge < -0.3 is 4.98 Å². The molecule has 5 heteroatoms. The number of nitrogens with zero attached hydrogens (tertiary/aromatic N) is 1. The molecule has 156 valence electrons. The minimum Gasteiger partial charge on any atom is -0.360 e. The number of nitrogens with one attached hydrogen (secondary N) is 1. The third-order valence-electron chi connectivity index (χ3n) is 5.12. The zero-order valence-electron chi connectivity index (χ0n) is 17.2. The van der Waals surface area contributed by atoms with Crippen LogP contribution in [0, 0.1) is 0 Å². The van der Waals surface area contributed by atoms with Gasteiger partial charge in [-0.2, -0.15) is 0 Å². The zero-order chi connectivity index (χ0) is 21.8. The van der Waals surface area contributed by atoms with Crippen LogP contribution in [0.15, 0.2) is 102 Å². The standard InChI is InChI=1S/C26H23BrN2O2/c1-18(2)26(30)29(31-17-19-10-5-3-6-11-19)25(20-12-7-4-8-13-20)22-16-28-24-21(22)14-9-15-23(24)27/h3-16,25,28H,1,17H2,2H3. The third kappa shape index (κ3) is 4.48. The van der Waals surface area contributed by atoms with E-state index in [9.17, 15) is 4.79 Å². The Bertz CT molecular complexity index is 1200. The average Bonchev–Trinajstić information content (AvgIpc) is 3.22. The van der Waals surface area contributed by atoms with E-state index in [0.717, 1.165) is 32.1 Å². The second kappa shape index (κ2) is 9.33. The van der Waals surface area contributed by atoms with Crippen molar-refractivity contribution in [2.24, 2.45) is 0 Å². The second-order valence-corrected chi connectivity index (χ2v) is 8.24. The molecule has 1 aromatic heterocycles. The van der Waals surface area contributed by atoms with Crippen LogP contribution in [0.1, 0.15) is 29.7 Å². The minimum atomic E-state index is -0.447. The van der Waals surface area contributed by atoms with Crippen molar-refractivity contribution in [1.82, 2.24) is 10.0 Å². The number of para-hydroxylation sites is 1. The first-order valence-electron chi connectivity index (χ1n) is 10.0. The van der Waals surface area contributed by atoms with Gasteiger partial charge in [0, 0.05) is 27.2 Å². The van der Waals surface area contributed by atoms with Crippen LogP contribution >= 0.6 is 15.9 Å². The van der Waals surface area contributed by atoms with Crippen molar-refractivity contribution in [3.05, 3.63) is 118 Å². The predicted molar refractivity (Wildman–Crippen MR) is 127 cm³/mol. The number of carbonyl (C=O) groups is 1. The first kappa shape index (κ1) is 21.1. The van der Waals surface area contributed by atoms with Gasteiger partial charge >= 0.3 is 0 Å². The van der Waals surface area contributed by atoms with Crippen LogP contribution in [0.2, 0.25) is 0 Å². The van der Waals surface area contributed by atoms with Crippen molar-refractivity contribution >= 4 is 32.7 Å². The number of aromatic amines is 1. The summed E-state index contributed by atoms with van der Waals surface area (Å²) in [5, 5.41) is 2.47. The fourth-order valence-electron chi connectivity index (χ4n) is 3.60. The summed E-state index contributed by atoms with van der Waals surface area (Å²) in [6, 6.07) is 25.3. The molecule has 0 aliphatic carbocycles. The number of carbonyl (C=O) groups excluding carboxylic acids is 1. The highest BCUT2D eigenvalue weighted by Gasteiger charge is 2.30. The summed E-state index contributed by atoms with van der Waals surface area (Å²) < 4.78 is 0.964. The van der Waals surface area contributed by atoms with E-state index in [2.05, 4.69) is 27.5 Å². The number of H-pyrrole nitrogens is 1. The topological polar surface area (TPSA) is 45.3 Å². The van der Waals surface area contributed by atoms with Crippen molar-refractivity contribution in [1.29, 1.82) is 0 Å². The largest absolute Gasteiger partial charge is 0.360 e. The molecule has 0 bridgehead atoms. The van der Waals surface area contributed by atoms with Crippen LogP contribution in [-0.2, 0) is 16.2 Å². The molecule has 0 saturated heterocycles. The maximum absolute atomic E-state index is 13.3. The number of halogens is 1. The number of amides is 1. The Kier molecular flexibility index (Phi) is 6.35. The van der Waals surface area contributed by atoms with Gasteiger partial charge in [-0.3, -0.25) is 9.63 Å². The lowest BCUT2D eigenvalue weighted by Gasteiger charge is -2.31. The Labute approximate surface area is 190 Å². The molecular weight excluding hydrogens is 452 g/mol. The quantitative estimate of drug-likeness (QED) is 0.243. The van der Waals surface area contributed by atoms with Gasteiger partial charge in [-0.15, -0.1) is 0 Å². The molecule has 0 fully saturated rings. The maximum Gasteiger partial charge on any atom is 0.273 e. The molecular formula is C26H23BrN2O2. The maximum atomic E-state index is 13.3. The summed E-state index contributed by atoms with van der Waals surface area (Å²) >= 11 is 3.61. The molecule has 0 radical (unpaired) electrons. The van der Waals surface area contributed by atoms with Crippen molar-refractivity contribution in [3.63, 3.8) is 0 Å².